The largest absolute Gasteiger partial charge is 0.458 e. The van der Waals surface area contributed by atoms with Crippen LogP contribution in [0.25, 0.3) is 6.08 Å². The van der Waals surface area contributed by atoms with Crippen molar-refractivity contribution in [3.63, 3.8) is 0 Å². The summed E-state index contributed by atoms with van der Waals surface area (Å²) < 4.78 is 44.7. The van der Waals surface area contributed by atoms with Gasteiger partial charge in [0.1, 0.15) is 12.4 Å². The van der Waals surface area contributed by atoms with Crippen molar-refractivity contribution in [1.82, 2.24) is 0 Å². The van der Waals surface area contributed by atoms with E-state index < -0.39 is 12.6 Å². The fourth-order valence-corrected chi connectivity index (χ4v) is 2.44. The van der Waals surface area contributed by atoms with Crippen LogP contribution >= 0.6 is 11.6 Å². The molecular formula is C18H13ClF2O5. The minimum Gasteiger partial charge on any atom is -0.458 e. The number of benzene rings is 2. The molecule has 1 aliphatic heterocycles. The molecular weight excluding hydrogens is 370 g/mol. The van der Waals surface area contributed by atoms with Gasteiger partial charge in [-0.15, -0.1) is 0 Å². The number of carbonyl (C=O) groups is 1. The van der Waals surface area contributed by atoms with Crippen LogP contribution in [0, 0.1) is 0 Å². The number of hydrogen-bond donors (Lipinski definition) is 0. The molecule has 1 heterocycles. The Balaban J connectivity index is 1.61. The fourth-order valence-electron chi connectivity index (χ4n) is 2.25. The second-order valence-corrected chi connectivity index (χ2v) is 5.62. The summed E-state index contributed by atoms with van der Waals surface area (Å²) in [5.74, 6) is 0.480. The molecule has 0 radical (unpaired) electrons. The van der Waals surface area contributed by atoms with E-state index in [1.54, 1.807) is 24.3 Å². The molecule has 5 nitrogen and oxygen atoms in total. The van der Waals surface area contributed by atoms with Gasteiger partial charge in [-0.05, 0) is 42.0 Å². The number of carbonyl (C=O) groups excluding carboxylic acids is 1. The Labute approximate surface area is 152 Å². The molecule has 0 bridgehead atoms. The highest BCUT2D eigenvalue weighted by molar-refractivity contribution is 6.30. The van der Waals surface area contributed by atoms with E-state index in [1.165, 1.54) is 24.3 Å². The summed E-state index contributed by atoms with van der Waals surface area (Å²) in [6, 6.07) is 9.30. The van der Waals surface area contributed by atoms with Crippen LogP contribution in [0.15, 0.2) is 42.5 Å². The second-order valence-electron chi connectivity index (χ2n) is 5.18. The molecule has 3 rings (SSSR count). The summed E-state index contributed by atoms with van der Waals surface area (Å²) in [6.07, 6.45) is 2.76. The van der Waals surface area contributed by atoms with E-state index in [2.05, 4.69) is 4.74 Å². The summed E-state index contributed by atoms with van der Waals surface area (Å²) in [6.45, 7) is -3.09. The maximum atomic E-state index is 12.4. The molecule has 0 atom stereocenters. The standard InChI is InChI=1S/C18H13ClF2O5/c19-13-3-5-14(26-18(20)21)12(8-13)9-23-17(22)6-2-11-1-4-15-16(7-11)25-10-24-15/h1-8,18H,9-10H2. The third-order valence-corrected chi connectivity index (χ3v) is 3.65. The van der Waals surface area contributed by atoms with Gasteiger partial charge >= 0.3 is 12.6 Å². The number of fused-ring (bicyclic) bond motifs is 1. The first-order valence-electron chi connectivity index (χ1n) is 7.49. The summed E-state index contributed by atoms with van der Waals surface area (Å²) in [7, 11) is 0. The summed E-state index contributed by atoms with van der Waals surface area (Å²) in [5.41, 5.74) is 0.957. The van der Waals surface area contributed by atoms with Gasteiger partial charge in [0.25, 0.3) is 0 Å². The van der Waals surface area contributed by atoms with Crippen LogP contribution < -0.4 is 14.2 Å². The molecule has 0 spiro atoms. The summed E-state index contributed by atoms with van der Waals surface area (Å²) in [4.78, 5) is 11.9. The molecule has 0 fully saturated rings. The van der Waals surface area contributed by atoms with Gasteiger partial charge in [0, 0.05) is 16.7 Å². The molecule has 0 saturated heterocycles. The Morgan fingerprint density at radius 2 is 2.00 bits per heavy atom. The maximum absolute atomic E-state index is 12.4. The molecule has 0 amide bonds. The molecule has 0 N–H and O–H groups in total. The van der Waals surface area contributed by atoms with Crippen molar-refractivity contribution in [3.05, 3.63) is 58.6 Å². The van der Waals surface area contributed by atoms with Crippen LogP contribution in [0.4, 0.5) is 8.78 Å². The monoisotopic (exact) mass is 382 g/mol. The van der Waals surface area contributed by atoms with Gasteiger partial charge in [-0.1, -0.05) is 17.7 Å². The van der Waals surface area contributed by atoms with E-state index in [-0.39, 0.29) is 24.7 Å². The Hall–Kier alpha value is -2.80. The van der Waals surface area contributed by atoms with Crippen molar-refractivity contribution in [3.8, 4) is 17.2 Å². The average molecular weight is 383 g/mol. The van der Waals surface area contributed by atoms with Crippen LogP contribution in [-0.4, -0.2) is 19.4 Å². The predicted molar refractivity (Wildman–Crippen MR) is 89.5 cm³/mol. The van der Waals surface area contributed by atoms with E-state index in [1.807, 2.05) is 0 Å². The smallest absolute Gasteiger partial charge is 0.387 e. The summed E-state index contributed by atoms with van der Waals surface area (Å²) >= 11 is 5.84. The van der Waals surface area contributed by atoms with Gasteiger partial charge in [-0.25, -0.2) is 4.79 Å². The minimum atomic E-state index is -2.99. The molecule has 2 aromatic carbocycles. The van der Waals surface area contributed by atoms with E-state index in [0.29, 0.717) is 16.5 Å². The van der Waals surface area contributed by atoms with E-state index in [0.717, 1.165) is 5.56 Å². The van der Waals surface area contributed by atoms with E-state index >= 15 is 0 Å². The highest BCUT2D eigenvalue weighted by Crippen LogP contribution is 2.32. The predicted octanol–water partition coefficient (Wildman–Crippen LogP) is 4.43. The van der Waals surface area contributed by atoms with Gasteiger partial charge in [0.15, 0.2) is 11.5 Å². The van der Waals surface area contributed by atoms with Crippen LogP contribution in [0.2, 0.25) is 5.02 Å². The molecule has 0 aliphatic carbocycles. The lowest BCUT2D eigenvalue weighted by Crippen LogP contribution is -2.07. The average Bonchev–Trinajstić information content (AvgIpc) is 3.07. The minimum absolute atomic E-state index is 0.100. The van der Waals surface area contributed by atoms with Gasteiger partial charge in [-0.3, -0.25) is 0 Å². The Morgan fingerprint density at radius 3 is 2.81 bits per heavy atom. The lowest BCUT2D eigenvalue weighted by molar-refractivity contribution is -0.139. The Bertz CT molecular complexity index is 838. The number of ether oxygens (including phenoxy) is 4. The first kappa shape index (κ1) is 18.0. The maximum Gasteiger partial charge on any atom is 0.387 e. The van der Waals surface area contributed by atoms with Crippen molar-refractivity contribution in [1.29, 1.82) is 0 Å². The Morgan fingerprint density at radius 1 is 1.19 bits per heavy atom. The first-order chi connectivity index (χ1) is 12.5. The van der Waals surface area contributed by atoms with E-state index in [4.69, 9.17) is 25.8 Å². The first-order valence-corrected chi connectivity index (χ1v) is 7.87. The van der Waals surface area contributed by atoms with Crippen LogP contribution in [-0.2, 0) is 16.1 Å². The van der Waals surface area contributed by atoms with Gasteiger partial charge in [0.05, 0.1) is 0 Å². The lowest BCUT2D eigenvalue weighted by Gasteiger charge is -2.11. The zero-order valence-electron chi connectivity index (χ0n) is 13.3. The van der Waals surface area contributed by atoms with Crippen molar-refractivity contribution < 1.29 is 32.5 Å². The zero-order valence-corrected chi connectivity index (χ0v) is 14.0. The number of rotatable bonds is 6. The number of halogens is 3. The molecule has 0 unspecified atom stereocenters. The highest BCUT2D eigenvalue weighted by Gasteiger charge is 2.13. The van der Waals surface area contributed by atoms with Gasteiger partial charge in [0.2, 0.25) is 6.79 Å². The van der Waals surface area contributed by atoms with Crippen LogP contribution in [0.3, 0.4) is 0 Å². The molecule has 0 saturated carbocycles. The quantitative estimate of drug-likeness (QED) is 0.546. The van der Waals surface area contributed by atoms with Crippen molar-refractivity contribution in [2.75, 3.05) is 6.79 Å². The molecule has 2 aromatic rings. The molecule has 0 aromatic heterocycles. The summed E-state index contributed by atoms with van der Waals surface area (Å²) in [5, 5.41) is 0.313. The van der Waals surface area contributed by atoms with Crippen molar-refractivity contribution in [2.24, 2.45) is 0 Å². The highest BCUT2D eigenvalue weighted by atomic mass is 35.5. The van der Waals surface area contributed by atoms with Gasteiger partial charge in [-0.2, -0.15) is 8.78 Å². The number of alkyl halides is 2. The third kappa shape index (κ3) is 4.64. The number of hydrogen-bond acceptors (Lipinski definition) is 5. The zero-order chi connectivity index (χ0) is 18.5. The second kappa shape index (κ2) is 8.05. The fraction of sp³-hybridized carbons (Fsp3) is 0.167. The topological polar surface area (TPSA) is 54.0 Å². The van der Waals surface area contributed by atoms with Gasteiger partial charge < -0.3 is 18.9 Å². The molecule has 136 valence electrons. The SMILES string of the molecule is O=C(C=Cc1ccc2c(c1)OCO2)OCc1cc(Cl)ccc1OC(F)F. The normalized spacial score (nSPS) is 12.6. The lowest BCUT2D eigenvalue weighted by atomic mass is 10.2. The van der Waals surface area contributed by atoms with E-state index in [9.17, 15) is 13.6 Å². The Kier molecular flexibility index (Phi) is 5.58. The molecule has 26 heavy (non-hydrogen) atoms. The van der Waals surface area contributed by atoms with Crippen LogP contribution in [0.5, 0.6) is 17.2 Å². The van der Waals surface area contributed by atoms with Crippen LogP contribution in [0.1, 0.15) is 11.1 Å². The third-order valence-electron chi connectivity index (χ3n) is 3.42. The number of esters is 1. The van der Waals surface area contributed by atoms with Crippen molar-refractivity contribution in [2.45, 2.75) is 13.2 Å². The molecule has 8 heteroatoms. The van der Waals surface area contributed by atoms with Crippen molar-refractivity contribution >= 4 is 23.6 Å². The molecule has 1 aliphatic rings.